The molecule has 2 aliphatic heterocycles. The lowest BCUT2D eigenvalue weighted by Gasteiger charge is -2.28. The number of halogens is 2. The number of carbonyl (C=O) groups is 1. The molecular weight excluding hydrogens is 456 g/mol. The van der Waals surface area contributed by atoms with Gasteiger partial charge in [0.2, 0.25) is 0 Å². The number of ether oxygens (including phenoxy) is 3. The molecule has 2 saturated heterocycles. The van der Waals surface area contributed by atoms with Crippen LogP contribution in [0.1, 0.15) is 28.5 Å². The average Bonchev–Trinajstić information content (AvgIpc) is 3.49. The highest BCUT2D eigenvalue weighted by molar-refractivity contribution is 6.08. The van der Waals surface area contributed by atoms with Crippen LogP contribution in [0.15, 0.2) is 24.7 Å². The summed E-state index contributed by atoms with van der Waals surface area (Å²) in [4.78, 5) is 19.6. The Morgan fingerprint density at radius 1 is 1.26 bits per heavy atom. The molecule has 2 aliphatic rings. The van der Waals surface area contributed by atoms with E-state index in [2.05, 4.69) is 20.5 Å². The first-order chi connectivity index (χ1) is 16.5. The van der Waals surface area contributed by atoms with E-state index >= 15 is 0 Å². The van der Waals surface area contributed by atoms with Gasteiger partial charge in [0.25, 0.3) is 12.3 Å². The van der Waals surface area contributed by atoms with Gasteiger partial charge in [-0.25, -0.2) is 18.3 Å². The van der Waals surface area contributed by atoms with Gasteiger partial charge in [-0.15, -0.1) is 0 Å². The van der Waals surface area contributed by atoms with Crippen molar-refractivity contribution in [3.05, 3.63) is 35.9 Å². The number of rotatable bonds is 6. The Morgan fingerprint density at radius 3 is 2.74 bits per heavy atom. The van der Waals surface area contributed by atoms with E-state index in [1.807, 2.05) is 4.90 Å². The van der Waals surface area contributed by atoms with Gasteiger partial charge < -0.3 is 29.5 Å². The van der Waals surface area contributed by atoms with Crippen molar-refractivity contribution in [1.29, 1.82) is 0 Å². The monoisotopic (exact) mass is 479 g/mol. The summed E-state index contributed by atoms with van der Waals surface area (Å²) in [5.74, 6) is 0.0319. The Balaban J connectivity index is 1.38. The number of nitrogens with zero attached hydrogens (tertiary/aromatic N) is 6. The fourth-order valence-electron chi connectivity index (χ4n) is 3.82. The molecule has 0 spiro atoms. The third-order valence-corrected chi connectivity index (χ3v) is 5.62. The lowest BCUT2D eigenvalue weighted by molar-refractivity contribution is -0.212. The lowest BCUT2D eigenvalue weighted by Crippen LogP contribution is -2.36. The number of amides is 1. The van der Waals surface area contributed by atoms with E-state index in [9.17, 15) is 13.6 Å². The van der Waals surface area contributed by atoms with Gasteiger partial charge in [0.1, 0.15) is 11.4 Å². The molecule has 0 radical (unpaired) electrons. The smallest absolute Gasteiger partial charge is 0.284 e. The fourth-order valence-corrected chi connectivity index (χ4v) is 3.82. The highest BCUT2D eigenvalue weighted by Crippen LogP contribution is 2.29. The number of alkyl halides is 2. The van der Waals surface area contributed by atoms with Crippen LogP contribution in [0.25, 0.3) is 5.65 Å². The number of anilines is 2. The zero-order valence-corrected chi connectivity index (χ0v) is 18.0. The van der Waals surface area contributed by atoms with Gasteiger partial charge in [-0.05, 0) is 6.07 Å². The minimum absolute atomic E-state index is 0.116. The lowest BCUT2D eigenvalue weighted by atomic mass is 10.3. The first-order valence-corrected chi connectivity index (χ1v) is 10.7. The Bertz CT molecular complexity index is 1160. The number of fused-ring (bicyclic) bond motifs is 1. The molecule has 14 heteroatoms. The second kappa shape index (κ2) is 9.58. The van der Waals surface area contributed by atoms with Crippen molar-refractivity contribution in [3.63, 3.8) is 0 Å². The van der Waals surface area contributed by atoms with Crippen molar-refractivity contribution in [1.82, 2.24) is 24.4 Å². The van der Waals surface area contributed by atoms with Gasteiger partial charge in [-0.2, -0.15) is 10.2 Å². The number of aromatic nitrogens is 5. The van der Waals surface area contributed by atoms with Crippen LogP contribution in [0, 0.1) is 0 Å². The van der Waals surface area contributed by atoms with Crippen LogP contribution in [0.4, 0.5) is 20.3 Å². The fraction of sp³-hybridized carbons (Fsp3) is 0.500. The molecule has 0 atom stereocenters. The molecule has 34 heavy (non-hydrogen) atoms. The van der Waals surface area contributed by atoms with Gasteiger partial charge in [-0.3, -0.25) is 9.48 Å². The van der Waals surface area contributed by atoms with Crippen LogP contribution in [-0.4, -0.2) is 87.8 Å². The third kappa shape index (κ3) is 4.44. The van der Waals surface area contributed by atoms with Gasteiger partial charge in [0.15, 0.2) is 17.6 Å². The Hall–Kier alpha value is -3.20. The van der Waals surface area contributed by atoms with E-state index in [1.165, 1.54) is 21.6 Å². The van der Waals surface area contributed by atoms with Crippen molar-refractivity contribution in [3.8, 4) is 0 Å². The first-order valence-electron chi connectivity index (χ1n) is 10.7. The molecule has 2 N–H and O–H groups in total. The molecule has 5 rings (SSSR count). The summed E-state index contributed by atoms with van der Waals surface area (Å²) in [5, 5.41) is 19.7. The average molecular weight is 479 g/mol. The first kappa shape index (κ1) is 22.6. The predicted molar refractivity (Wildman–Crippen MR) is 113 cm³/mol. The van der Waals surface area contributed by atoms with Gasteiger partial charge in [-0.1, -0.05) is 0 Å². The van der Waals surface area contributed by atoms with Gasteiger partial charge >= 0.3 is 0 Å². The molecule has 0 saturated carbocycles. The Labute approximate surface area is 192 Å². The molecule has 182 valence electrons. The Kier molecular flexibility index (Phi) is 6.36. The van der Waals surface area contributed by atoms with Crippen molar-refractivity contribution < 1.29 is 32.9 Å². The van der Waals surface area contributed by atoms with Crippen LogP contribution in [0.5, 0.6) is 0 Å². The predicted octanol–water partition coefficient (Wildman–Crippen LogP) is 0.859. The summed E-state index contributed by atoms with van der Waals surface area (Å²) in [5.41, 5.74) is -0.265. The second-order valence-electron chi connectivity index (χ2n) is 7.81. The number of hydrogen-bond acceptors (Lipinski definition) is 9. The quantitative estimate of drug-likeness (QED) is 0.529. The second-order valence-corrected chi connectivity index (χ2v) is 7.81. The number of aliphatic hydroxyl groups excluding tert-OH is 1. The summed E-state index contributed by atoms with van der Waals surface area (Å²) in [6.45, 7) is 2.43. The molecular formula is C20H23F2N7O5. The minimum Gasteiger partial charge on any atom is -0.391 e. The molecule has 3 aromatic rings. The minimum atomic E-state index is -2.91. The van der Waals surface area contributed by atoms with Crippen molar-refractivity contribution >= 4 is 23.1 Å². The standard InChI is InChI=1S/C20H23F2N7O5/c21-18(22)17-14(8-29(26-17)12-10-33-16(9-30)34-11-12)24-20(31)13-7-23-28-2-1-15(25-19(13)28)27-3-5-32-6-4-27/h1-2,7-8,12,16,18,30H,3-6,9-11H2,(H,24,31)/t12-,16-. The molecule has 1 amide bonds. The summed E-state index contributed by atoms with van der Waals surface area (Å²) < 4.78 is 46.0. The SMILES string of the molecule is O=C(Nc1cn([C@H]2CO[C@H](CO)OC2)nc1C(F)F)c1cnn2ccc(N3CCOCC3)nc12. The number of hydrogen-bond donors (Lipinski definition) is 2. The van der Waals surface area contributed by atoms with E-state index in [0.717, 1.165) is 0 Å². The number of carbonyl (C=O) groups excluding carboxylic acids is 1. The zero-order valence-electron chi connectivity index (χ0n) is 18.0. The van der Waals surface area contributed by atoms with E-state index in [-0.39, 0.29) is 31.1 Å². The summed E-state index contributed by atoms with van der Waals surface area (Å²) in [6.07, 6.45) is 0.669. The van der Waals surface area contributed by atoms with Crippen molar-refractivity contribution in [2.75, 3.05) is 56.3 Å². The normalized spacial score (nSPS) is 21.4. The zero-order chi connectivity index (χ0) is 23.7. The van der Waals surface area contributed by atoms with Gasteiger partial charge in [0.05, 0.1) is 51.0 Å². The highest BCUT2D eigenvalue weighted by atomic mass is 19.3. The van der Waals surface area contributed by atoms with Crippen LogP contribution in [0.2, 0.25) is 0 Å². The largest absolute Gasteiger partial charge is 0.391 e. The topological polar surface area (TPSA) is 128 Å². The molecule has 2 fully saturated rings. The number of aliphatic hydroxyl groups is 1. The Morgan fingerprint density at radius 2 is 2.03 bits per heavy atom. The van der Waals surface area contributed by atoms with Crippen LogP contribution in [0.3, 0.4) is 0 Å². The van der Waals surface area contributed by atoms with E-state index in [1.54, 1.807) is 12.3 Å². The molecule has 3 aromatic heterocycles. The summed E-state index contributed by atoms with van der Waals surface area (Å²) in [7, 11) is 0. The van der Waals surface area contributed by atoms with Crippen molar-refractivity contribution in [2.24, 2.45) is 0 Å². The third-order valence-electron chi connectivity index (χ3n) is 5.62. The molecule has 0 bridgehead atoms. The molecule has 0 aliphatic carbocycles. The van der Waals surface area contributed by atoms with Crippen LogP contribution < -0.4 is 10.2 Å². The maximum atomic E-state index is 13.7. The van der Waals surface area contributed by atoms with Crippen LogP contribution in [-0.2, 0) is 14.2 Å². The van der Waals surface area contributed by atoms with Crippen molar-refractivity contribution in [2.45, 2.75) is 18.8 Å². The maximum absolute atomic E-state index is 13.7. The van der Waals surface area contributed by atoms with Crippen LogP contribution >= 0.6 is 0 Å². The van der Waals surface area contributed by atoms with E-state index in [0.29, 0.717) is 37.8 Å². The highest BCUT2D eigenvalue weighted by Gasteiger charge is 2.28. The summed E-state index contributed by atoms with van der Waals surface area (Å²) in [6, 6.07) is 1.31. The van der Waals surface area contributed by atoms with Gasteiger partial charge in [0, 0.05) is 25.5 Å². The molecule has 5 heterocycles. The molecule has 0 aromatic carbocycles. The maximum Gasteiger partial charge on any atom is 0.284 e. The van der Waals surface area contributed by atoms with E-state index in [4.69, 9.17) is 19.3 Å². The molecule has 12 nitrogen and oxygen atoms in total. The summed E-state index contributed by atoms with van der Waals surface area (Å²) >= 11 is 0. The number of morpholine rings is 1. The number of nitrogens with one attached hydrogen (secondary N) is 1. The van der Waals surface area contributed by atoms with E-state index < -0.39 is 30.4 Å². The molecule has 0 unspecified atom stereocenters.